The summed E-state index contributed by atoms with van der Waals surface area (Å²) in [5, 5.41) is 3.21. The first kappa shape index (κ1) is 10.5. The molecule has 13 heavy (non-hydrogen) atoms. The van der Waals surface area contributed by atoms with Crippen molar-refractivity contribution in [3.8, 4) is 0 Å². The topological polar surface area (TPSA) is 38.3 Å². The fourth-order valence-corrected chi connectivity index (χ4v) is 1.43. The van der Waals surface area contributed by atoms with E-state index in [4.69, 9.17) is 4.74 Å². The molecule has 0 aromatic rings. The van der Waals surface area contributed by atoms with Crippen molar-refractivity contribution in [2.75, 3.05) is 13.1 Å². The van der Waals surface area contributed by atoms with E-state index in [-0.39, 0.29) is 18.0 Å². The van der Waals surface area contributed by atoms with E-state index in [2.05, 4.69) is 5.32 Å². The van der Waals surface area contributed by atoms with Crippen molar-refractivity contribution in [3.05, 3.63) is 0 Å². The van der Waals surface area contributed by atoms with Crippen molar-refractivity contribution < 1.29 is 9.53 Å². The van der Waals surface area contributed by atoms with Crippen LogP contribution in [0.3, 0.4) is 0 Å². The molecule has 2 atom stereocenters. The Labute approximate surface area is 79.8 Å². The molecule has 3 heteroatoms. The highest BCUT2D eigenvalue weighted by Crippen LogP contribution is 2.13. The van der Waals surface area contributed by atoms with Crippen molar-refractivity contribution in [1.82, 2.24) is 5.32 Å². The molecule has 1 fully saturated rings. The van der Waals surface area contributed by atoms with Gasteiger partial charge in [0.2, 0.25) is 0 Å². The molecule has 0 aromatic carbocycles. The van der Waals surface area contributed by atoms with Crippen molar-refractivity contribution in [2.24, 2.45) is 5.92 Å². The van der Waals surface area contributed by atoms with E-state index in [1.54, 1.807) is 0 Å². The number of esters is 1. The summed E-state index contributed by atoms with van der Waals surface area (Å²) in [6.07, 6.45) is 3.02. The second-order valence-electron chi connectivity index (χ2n) is 3.70. The smallest absolute Gasteiger partial charge is 0.310 e. The predicted octanol–water partition coefficient (Wildman–Crippen LogP) is 1.33. The van der Waals surface area contributed by atoms with E-state index < -0.39 is 0 Å². The quantitative estimate of drug-likeness (QED) is 0.674. The molecule has 1 N–H and O–H groups in total. The molecule has 3 nitrogen and oxygen atoms in total. The lowest BCUT2D eigenvalue weighted by atomic mass is 10.00. The molecule has 76 valence electrons. The van der Waals surface area contributed by atoms with E-state index in [0.717, 1.165) is 32.4 Å². The van der Waals surface area contributed by atoms with Gasteiger partial charge in [0.1, 0.15) is 0 Å². The summed E-state index contributed by atoms with van der Waals surface area (Å²) >= 11 is 0. The van der Waals surface area contributed by atoms with Crippen LogP contribution >= 0.6 is 0 Å². The first-order valence-electron chi connectivity index (χ1n) is 5.15. The Morgan fingerprint density at radius 2 is 2.46 bits per heavy atom. The van der Waals surface area contributed by atoms with Crippen LogP contribution in [0.2, 0.25) is 0 Å². The van der Waals surface area contributed by atoms with Crippen LogP contribution in [-0.4, -0.2) is 25.2 Å². The molecule has 1 aliphatic heterocycles. The van der Waals surface area contributed by atoms with Gasteiger partial charge in [0.05, 0.1) is 12.0 Å². The summed E-state index contributed by atoms with van der Waals surface area (Å²) in [6, 6.07) is 0. The first-order valence-corrected chi connectivity index (χ1v) is 5.15. The maximum Gasteiger partial charge on any atom is 0.310 e. The number of nitrogens with one attached hydrogen (secondary N) is 1. The first-order chi connectivity index (χ1) is 6.24. The van der Waals surface area contributed by atoms with Crippen LogP contribution in [0.15, 0.2) is 0 Å². The molecule has 1 heterocycles. The standard InChI is InChI=1S/C10H19NO2/c1-3-8(2)13-10(12)9-5-4-6-11-7-9/h8-9,11H,3-7H2,1-2H3/t8?,9-/m1/s1. The van der Waals surface area contributed by atoms with Gasteiger partial charge in [0.15, 0.2) is 0 Å². The van der Waals surface area contributed by atoms with E-state index in [0.29, 0.717) is 0 Å². The van der Waals surface area contributed by atoms with E-state index >= 15 is 0 Å². The van der Waals surface area contributed by atoms with Gasteiger partial charge in [0, 0.05) is 6.54 Å². The molecule has 1 rings (SSSR count). The van der Waals surface area contributed by atoms with Gasteiger partial charge in [-0.2, -0.15) is 0 Å². The van der Waals surface area contributed by atoms with Gasteiger partial charge in [-0.3, -0.25) is 4.79 Å². The normalized spacial score (nSPS) is 25.2. The van der Waals surface area contributed by atoms with Crippen LogP contribution in [0.4, 0.5) is 0 Å². The summed E-state index contributed by atoms with van der Waals surface area (Å²) in [4.78, 5) is 11.5. The molecule has 1 saturated heterocycles. The Hall–Kier alpha value is -0.570. The number of carbonyl (C=O) groups excluding carboxylic acids is 1. The van der Waals surface area contributed by atoms with Crippen LogP contribution in [0, 0.1) is 5.92 Å². The summed E-state index contributed by atoms with van der Waals surface area (Å²) < 4.78 is 5.26. The van der Waals surface area contributed by atoms with Crippen LogP contribution in [-0.2, 0) is 9.53 Å². The highest BCUT2D eigenvalue weighted by Gasteiger charge is 2.23. The van der Waals surface area contributed by atoms with E-state index in [9.17, 15) is 4.79 Å². The van der Waals surface area contributed by atoms with Gasteiger partial charge in [-0.25, -0.2) is 0 Å². The number of piperidine rings is 1. The SMILES string of the molecule is CCC(C)OC(=O)[C@@H]1CCCNC1. The second kappa shape index (κ2) is 5.22. The fraction of sp³-hybridized carbons (Fsp3) is 0.900. The molecule has 0 aromatic heterocycles. The lowest BCUT2D eigenvalue weighted by molar-refractivity contribution is -0.153. The van der Waals surface area contributed by atoms with Gasteiger partial charge < -0.3 is 10.1 Å². The molecule has 0 radical (unpaired) electrons. The molecular weight excluding hydrogens is 166 g/mol. The molecule has 0 bridgehead atoms. The molecular formula is C10H19NO2. The summed E-state index contributed by atoms with van der Waals surface area (Å²) in [7, 11) is 0. The predicted molar refractivity (Wildman–Crippen MR) is 51.4 cm³/mol. The Morgan fingerprint density at radius 3 is 3.00 bits per heavy atom. The second-order valence-corrected chi connectivity index (χ2v) is 3.70. The molecule has 0 aliphatic carbocycles. The summed E-state index contributed by atoms with van der Waals surface area (Å²) in [6.45, 7) is 5.79. The van der Waals surface area contributed by atoms with Gasteiger partial charge in [-0.1, -0.05) is 6.92 Å². The monoisotopic (exact) mass is 185 g/mol. The van der Waals surface area contributed by atoms with Crippen LogP contribution in [0.5, 0.6) is 0 Å². The maximum atomic E-state index is 11.5. The third kappa shape index (κ3) is 3.35. The minimum atomic E-state index is -0.0263. The van der Waals surface area contributed by atoms with Gasteiger partial charge in [-0.05, 0) is 32.7 Å². The number of hydrogen-bond donors (Lipinski definition) is 1. The average Bonchev–Trinajstić information content (AvgIpc) is 2.19. The average molecular weight is 185 g/mol. The Morgan fingerprint density at radius 1 is 1.69 bits per heavy atom. The van der Waals surface area contributed by atoms with Crippen molar-refractivity contribution in [1.29, 1.82) is 0 Å². The van der Waals surface area contributed by atoms with Crippen molar-refractivity contribution >= 4 is 5.97 Å². The Bertz CT molecular complexity index is 164. The highest BCUT2D eigenvalue weighted by molar-refractivity contribution is 5.73. The summed E-state index contributed by atoms with van der Waals surface area (Å²) in [5.74, 6) is 0.0595. The molecule has 1 unspecified atom stereocenters. The summed E-state index contributed by atoms with van der Waals surface area (Å²) in [5.41, 5.74) is 0. The lowest BCUT2D eigenvalue weighted by Crippen LogP contribution is -2.36. The van der Waals surface area contributed by atoms with E-state index in [1.165, 1.54) is 0 Å². The highest BCUT2D eigenvalue weighted by atomic mass is 16.5. The molecule has 0 saturated carbocycles. The lowest BCUT2D eigenvalue weighted by Gasteiger charge is -2.22. The van der Waals surface area contributed by atoms with Gasteiger partial charge >= 0.3 is 5.97 Å². The third-order valence-electron chi connectivity index (χ3n) is 2.52. The zero-order chi connectivity index (χ0) is 9.68. The number of rotatable bonds is 3. The van der Waals surface area contributed by atoms with Crippen LogP contribution in [0.1, 0.15) is 33.1 Å². The largest absolute Gasteiger partial charge is 0.462 e. The van der Waals surface area contributed by atoms with Crippen LogP contribution < -0.4 is 5.32 Å². The number of hydrogen-bond acceptors (Lipinski definition) is 3. The molecule has 1 aliphatic rings. The van der Waals surface area contributed by atoms with Crippen molar-refractivity contribution in [3.63, 3.8) is 0 Å². The zero-order valence-corrected chi connectivity index (χ0v) is 8.51. The minimum Gasteiger partial charge on any atom is -0.462 e. The number of carbonyl (C=O) groups is 1. The van der Waals surface area contributed by atoms with Gasteiger partial charge in [-0.15, -0.1) is 0 Å². The molecule has 0 spiro atoms. The fourth-order valence-electron chi connectivity index (χ4n) is 1.43. The van der Waals surface area contributed by atoms with Crippen LogP contribution in [0.25, 0.3) is 0 Å². The minimum absolute atomic E-state index is 0.0263. The Balaban J connectivity index is 2.29. The molecule has 0 amide bonds. The van der Waals surface area contributed by atoms with Gasteiger partial charge in [0.25, 0.3) is 0 Å². The number of ether oxygens (including phenoxy) is 1. The third-order valence-corrected chi connectivity index (χ3v) is 2.52. The van der Waals surface area contributed by atoms with Crippen molar-refractivity contribution in [2.45, 2.75) is 39.2 Å². The maximum absolute atomic E-state index is 11.5. The van der Waals surface area contributed by atoms with E-state index in [1.807, 2.05) is 13.8 Å². The Kier molecular flexibility index (Phi) is 4.22. The zero-order valence-electron chi connectivity index (χ0n) is 8.51.